The lowest BCUT2D eigenvalue weighted by Crippen LogP contribution is -2.03. The molecule has 0 amide bonds. The van der Waals surface area contributed by atoms with Gasteiger partial charge < -0.3 is 5.11 Å². The standard InChI is InChI=1S/C16H9F3N2O2S/c17-16(18,19)10-7-5-9(6-8-10)13-20-21-14(24-13)11-3-1-2-4-12(11)15(22)23/h1-8H,(H,22,23). The Morgan fingerprint density at radius 1 is 0.958 bits per heavy atom. The summed E-state index contributed by atoms with van der Waals surface area (Å²) in [4.78, 5) is 11.3. The zero-order chi connectivity index (χ0) is 17.3. The van der Waals surface area contributed by atoms with E-state index in [9.17, 15) is 23.1 Å². The minimum Gasteiger partial charge on any atom is -0.478 e. The maximum absolute atomic E-state index is 12.6. The quantitative estimate of drug-likeness (QED) is 0.750. The predicted octanol–water partition coefficient (Wildman–Crippen LogP) is 4.59. The van der Waals surface area contributed by atoms with Gasteiger partial charge in [0.1, 0.15) is 10.0 Å². The summed E-state index contributed by atoms with van der Waals surface area (Å²) < 4.78 is 37.8. The Morgan fingerprint density at radius 3 is 2.21 bits per heavy atom. The van der Waals surface area contributed by atoms with Gasteiger partial charge in [-0.05, 0) is 18.2 Å². The fraction of sp³-hybridized carbons (Fsp3) is 0.0625. The van der Waals surface area contributed by atoms with Crippen LogP contribution in [0.3, 0.4) is 0 Å². The smallest absolute Gasteiger partial charge is 0.416 e. The lowest BCUT2D eigenvalue weighted by molar-refractivity contribution is -0.137. The molecular weight excluding hydrogens is 341 g/mol. The molecule has 122 valence electrons. The lowest BCUT2D eigenvalue weighted by Gasteiger charge is -2.06. The maximum Gasteiger partial charge on any atom is 0.416 e. The van der Waals surface area contributed by atoms with Crippen molar-refractivity contribution in [3.63, 3.8) is 0 Å². The van der Waals surface area contributed by atoms with Crippen LogP contribution in [0.4, 0.5) is 13.2 Å². The third kappa shape index (κ3) is 3.13. The molecule has 1 N–H and O–H groups in total. The van der Waals surface area contributed by atoms with Gasteiger partial charge in [0, 0.05) is 11.1 Å². The molecule has 24 heavy (non-hydrogen) atoms. The van der Waals surface area contributed by atoms with Crippen LogP contribution in [0.25, 0.3) is 21.1 Å². The number of carbonyl (C=O) groups is 1. The molecule has 2 aromatic carbocycles. The molecule has 0 bridgehead atoms. The van der Waals surface area contributed by atoms with Crippen LogP contribution in [0.2, 0.25) is 0 Å². The fourth-order valence-electron chi connectivity index (χ4n) is 2.11. The third-order valence-electron chi connectivity index (χ3n) is 3.27. The van der Waals surface area contributed by atoms with Crippen molar-refractivity contribution in [1.82, 2.24) is 10.2 Å². The summed E-state index contributed by atoms with van der Waals surface area (Å²) in [7, 11) is 0. The summed E-state index contributed by atoms with van der Waals surface area (Å²) in [6.07, 6.45) is -4.40. The lowest BCUT2D eigenvalue weighted by atomic mass is 10.1. The highest BCUT2D eigenvalue weighted by molar-refractivity contribution is 7.18. The van der Waals surface area contributed by atoms with Crippen LogP contribution in [0.15, 0.2) is 48.5 Å². The Hall–Kier alpha value is -2.74. The van der Waals surface area contributed by atoms with Gasteiger partial charge in [0.25, 0.3) is 0 Å². The van der Waals surface area contributed by atoms with Crippen molar-refractivity contribution in [3.05, 3.63) is 59.7 Å². The number of benzene rings is 2. The van der Waals surface area contributed by atoms with Crippen molar-refractivity contribution in [1.29, 1.82) is 0 Å². The van der Waals surface area contributed by atoms with Crippen LogP contribution in [-0.4, -0.2) is 21.3 Å². The van der Waals surface area contributed by atoms with Gasteiger partial charge in [0.15, 0.2) is 0 Å². The summed E-state index contributed by atoms with van der Waals surface area (Å²) in [5, 5.41) is 17.9. The van der Waals surface area contributed by atoms with E-state index in [2.05, 4.69) is 10.2 Å². The van der Waals surface area contributed by atoms with E-state index >= 15 is 0 Å². The molecule has 8 heteroatoms. The average Bonchev–Trinajstić information content (AvgIpc) is 3.04. The first-order chi connectivity index (χ1) is 11.4. The third-order valence-corrected chi connectivity index (χ3v) is 4.28. The van der Waals surface area contributed by atoms with Crippen LogP contribution >= 0.6 is 11.3 Å². The van der Waals surface area contributed by atoms with Gasteiger partial charge in [-0.3, -0.25) is 0 Å². The summed E-state index contributed by atoms with van der Waals surface area (Å²) >= 11 is 1.12. The first kappa shape index (κ1) is 16.1. The largest absolute Gasteiger partial charge is 0.478 e. The van der Waals surface area contributed by atoms with Gasteiger partial charge in [-0.1, -0.05) is 41.7 Å². The Morgan fingerprint density at radius 2 is 1.58 bits per heavy atom. The van der Waals surface area contributed by atoms with Crippen LogP contribution in [-0.2, 0) is 6.18 Å². The monoisotopic (exact) mass is 350 g/mol. The van der Waals surface area contributed by atoms with E-state index in [0.717, 1.165) is 23.5 Å². The highest BCUT2D eigenvalue weighted by Gasteiger charge is 2.30. The van der Waals surface area contributed by atoms with Crippen molar-refractivity contribution in [2.75, 3.05) is 0 Å². The molecule has 0 atom stereocenters. The zero-order valence-corrected chi connectivity index (χ0v) is 12.7. The minimum atomic E-state index is -4.40. The molecule has 0 aliphatic rings. The molecule has 0 radical (unpaired) electrons. The summed E-state index contributed by atoms with van der Waals surface area (Å²) in [6.45, 7) is 0. The normalized spacial score (nSPS) is 11.5. The Labute approximate surface area is 138 Å². The van der Waals surface area contributed by atoms with Gasteiger partial charge >= 0.3 is 12.1 Å². The van der Waals surface area contributed by atoms with E-state index in [4.69, 9.17) is 0 Å². The van der Waals surface area contributed by atoms with Crippen LogP contribution in [0.1, 0.15) is 15.9 Å². The molecule has 1 heterocycles. The van der Waals surface area contributed by atoms with Gasteiger partial charge in [0.05, 0.1) is 11.1 Å². The number of hydrogen-bond donors (Lipinski definition) is 1. The number of nitrogens with zero attached hydrogens (tertiary/aromatic N) is 2. The molecule has 0 spiro atoms. The van der Waals surface area contributed by atoms with E-state index in [0.29, 0.717) is 21.1 Å². The number of alkyl halides is 3. The van der Waals surface area contributed by atoms with E-state index in [1.807, 2.05) is 0 Å². The molecule has 0 aliphatic heterocycles. The highest BCUT2D eigenvalue weighted by atomic mass is 32.1. The van der Waals surface area contributed by atoms with E-state index in [-0.39, 0.29) is 5.56 Å². The number of hydrogen-bond acceptors (Lipinski definition) is 4. The molecule has 0 fully saturated rings. The number of aromatic carboxylic acids is 1. The number of rotatable bonds is 3. The molecule has 3 rings (SSSR count). The highest BCUT2D eigenvalue weighted by Crippen LogP contribution is 2.34. The van der Waals surface area contributed by atoms with Crippen molar-refractivity contribution in [3.8, 4) is 21.1 Å². The molecule has 0 unspecified atom stereocenters. The number of aromatic nitrogens is 2. The van der Waals surface area contributed by atoms with E-state index in [1.54, 1.807) is 18.2 Å². The predicted molar refractivity (Wildman–Crippen MR) is 82.7 cm³/mol. The minimum absolute atomic E-state index is 0.0904. The molecule has 4 nitrogen and oxygen atoms in total. The van der Waals surface area contributed by atoms with Gasteiger partial charge in [-0.2, -0.15) is 13.2 Å². The topological polar surface area (TPSA) is 63.1 Å². The summed E-state index contributed by atoms with van der Waals surface area (Å²) in [6, 6.07) is 10.9. The Balaban J connectivity index is 1.96. The van der Waals surface area contributed by atoms with Gasteiger partial charge in [0.2, 0.25) is 0 Å². The van der Waals surface area contributed by atoms with Crippen LogP contribution in [0.5, 0.6) is 0 Å². The van der Waals surface area contributed by atoms with Crippen molar-refractivity contribution < 1.29 is 23.1 Å². The zero-order valence-electron chi connectivity index (χ0n) is 11.9. The van der Waals surface area contributed by atoms with E-state index in [1.165, 1.54) is 18.2 Å². The molecule has 0 aliphatic carbocycles. The fourth-order valence-corrected chi connectivity index (χ4v) is 2.99. The second kappa shape index (κ2) is 6.04. The maximum atomic E-state index is 12.6. The first-order valence-electron chi connectivity index (χ1n) is 6.70. The summed E-state index contributed by atoms with van der Waals surface area (Å²) in [5.41, 5.74) is 0.250. The number of carboxylic acid groups (broad SMARTS) is 1. The van der Waals surface area contributed by atoms with Crippen LogP contribution in [0, 0.1) is 0 Å². The van der Waals surface area contributed by atoms with Crippen molar-refractivity contribution >= 4 is 17.3 Å². The number of carboxylic acids is 1. The Bertz CT molecular complexity index is 889. The van der Waals surface area contributed by atoms with Crippen LogP contribution < -0.4 is 0 Å². The molecular formula is C16H9F3N2O2S. The van der Waals surface area contributed by atoms with Crippen molar-refractivity contribution in [2.24, 2.45) is 0 Å². The van der Waals surface area contributed by atoms with E-state index < -0.39 is 17.7 Å². The molecule has 0 saturated heterocycles. The average molecular weight is 350 g/mol. The molecule has 0 saturated carbocycles. The molecule has 1 aromatic heterocycles. The van der Waals surface area contributed by atoms with Crippen molar-refractivity contribution in [2.45, 2.75) is 6.18 Å². The Kier molecular flexibility index (Phi) is 4.06. The number of halogens is 3. The second-order valence-electron chi connectivity index (χ2n) is 4.84. The van der Waals surface area contributed by atoms with Gasteiger partial charge in [-0.15, -0.1) is 10.2 Å². The van der Waals surface area contributed by atoms with Gasteiger partial charge in [-0.25, -0.2) is 4.79 Å². The SMILES string of the molecule is O=C(O)c1ccccc1-c1nnc(-c2ccc(C(F)(F)F)cc2)s1. The second-order valence-corrected chi connectivity index (χ2v) is 5.82. The first-order valence-corrected chi connectivity index (χ1v) is 7.52. The molecule has 3 aromatic rings. The summed E-state index contributed by atoms with van der Waals surface area (Å²) in [5.74, 6) is -1.09.